The number of hydrogen-bond donors (Lipinski definition) is 1. The monoisotopic (exact) mass is 385 g/mol. The first kappa shape index (κ1) is 18.8. The van der Waals surface area contributed by atoms with Gasteiger partial charge >= 0.3 is 0 Å². The highest BCUT2D eigenvalue weighted by Crippen LogP contribution is 2.24. The second kappa shape index (κ2) is 9.09. The van der Waals surface area contributed by atoms with Crippen LogP contribution < -0.4 is 10.1 Å². The summed E-state index contributed by atoms with van der Waals surface area (Å²) in [6.45, 7) is 4.06. The van der Waals surface area contributed by atoms with Crippen LogP contribution in [0.4, 0.5) is 0 Å². The molecule has 0 aliphatic rings. The molecule has 3 aromatic rings. The first-order valence-electron chi connectivity index (χ1n) is 8.52. The molecule has 4 heteroatoms. The van der Waals surface area contributed by atoms with E-state index >= 15 is 0 Å². The van der Waals surface area contributed by atoms with Crippen molar-refractivity contribution in [2.24, 2.45) is 0 Å². The van der Waals surface area contributed by atoms with Gasteiger partial charge in [-0.25, -0.2) is 0 Å². The summed E-state index contributed by atoms with van der Waals surface area (Å²) in [6.07, 6.45) is 0. The molecular formula is C22H21Cl2NO. The van der Waals surface area contributed by atoms with Crippen LogP contribution in [0.25, 0.3) is 0 Å². The van der Waals surface area contributed by atoms with E-state index in [1.165, 1.54) is 11.1 Å². The minimum atomic E-state index is 0.490. The van der Waals surface area contributed by atoms with E-state index in [4.69, 9.17) is 27.9 Å². The topological polar surface area (TPSA) is 21.3 Å². The zero-order chi connectivity index (χ0) is 18.4. The summed E-state index contributed by atoms with van der Waals surface area (Å²) in [5.41, 5.74) is 4.63. The minimum absolute atomic E-state index is 0.490. The first-order valence-corrected chi connectivity index (χ1v) is 9.28. The van der Waals surface area contributed by atoms with Crippen LogP contribution in [0.2, 0.25) is 10.0 Å². The maximum atomic E-state index is 6.17. The molecule has 2 nitrogen and oxygen atoms in total. The van der Waals surface area contributed by atoms with Crippen LogP contribution in [-0.4, -0.2) is 0 Å². The lowest BCUT2D eigenvalue weighted by Crippen LogP contribution is -2.13. The molecule has 0 unspecified atom stereocenters. The second-order valence-electron chi connectivity index (χ2n) is 6.26. The van der Waals surface area contributed by atoms with Crippen LogP contribution in [0.15, 0.2) is 66.7 Å². The normalized spacial score (nSPS) is 10.7. The summed E-state index contributed by atoms with van der Waals surface area (Å²) in [7, 11) is 0. The predicted octanol–water partition coefficient (Wildman–Crippen LogP) is 6.17. The molecule has 0 atom stereocenters. The average Bonchev–Trinajstić information content (AvgIpc) is 2.64. The summed E-state index contributed by atoms with van der Waals surface area (Å²) in [5.74, 6) is 0.834. The summed E-state index contributed by atoms with van der Waals surface area (Å²) >= 11 is 12.1. The van der Waals surface area contributed by atoms with Gasteiger partial charge in [-0.05, 0) is 48.4 Å². The lowest BCUT2D eigenvalue weighted by molar-refractivity contribution is 0.302. The van der Waals surface area contributed by atoms with Gasteiger partial charge in [0.05, 0.1) is 0 Å². The van der Waals surface area contributed by atoms with Gasteiger partial charge in [0, 0.05) is 28.7 Å². The Balaban J connectivity index is 1.61. The molecule has 0 aromatic heterocycles. The molecule has 3 aromatic carbocycles. The van der Waals surface area contributed by atoms with Crippen molar-refractivity contribution in [2.45, 2.75) is 26.6 Å². The molecule has 0 amide bonds. The fourth-order valence-corrected chi connectivity index (χ4v) is 2.94. The molecule has 134 valence electrons. The van der Waals surface area contributed by atoms with Crippen LogP contribution in [0.1, 0.15) is 22.3 Å². The van der Waals surface area contributed by atoms with E-state index < -0.39 is 0 Å². The van der Waals surface area contributed by atoms with Gasteiger partial charge in [-0.15, -0.1) is 0 Å². The third kappa shape index (κ3) is 5.50. The minimum Gasteiger partial charge on any atom is -0.489 e. The van der Waals surface area contributed by atoms with Gasteiger partial charge in [-0.3, -0.25) is 0 Å². The molecule has 0 spiro atoms. The maximum absolute atomic E-state index is 6.17. The first-order chi connectivity index (χ1) is 12.6. The molecule has 0 saturated heterocycles. The lowest BCUT2D eigenvalue weighted by atomic mass is 10.1. The predicted molar refractivity (Wildman–Crippen MR) is 109 cm³/mol. The van der Waals surface area contributed by atoms with Crippen LogP contribution in [-0.2, 0) is 19.7 Å². The number of halogens is 2. The molecule has 0 aliphatic heterocycles. The van der Waals surface area contributed by atoms with Gasteiger partial charge < -0.3 is 10.1 Å². The van der Waals surface area contributed by atoms with Crippen LogP contribution in [0, 0.1) is 6.92 Å². The number of aryl methyl sites for hydroxylation is 1. The molecule has 0 aliphatic carbocycles. The van der Waals surface area contributed by atoms with Crippen molar-refractivity contribution in [3.63, 3.8) is 0 Å². The number of ether oxygens (including phenoxy) is 1. The number of hydrogen-bond acceptors (Lipinski definition) is 2. The Kier molecular flexibility index (Phi) is 6.56. The largest absolute Gasteiger partial charge is 0.489 e. The zero-order valence-electron chi connectivity index (χ0n) is 14.6. The lowest BCUT2D eigenvalue weighted by Gasteiger charge is -2.13. The summed E-state index contributed by atoms with van der Waals surface area (Å²) in [5, 5.41) is 4.88. The number of rotatable bonds is 7. The third-order valence-corrected chi connectivity index (χ3v) is 4.58. The highest BCUT2D eigenvalue weighted by atomic mass is 35.5. The van der Waals surface area contributed by atoms with E-state index in [1.54, 1.807) is 0 Å². The Morgan fingerprint density at radius 2 is 1.42 bits per heavy atom. The Bertz CT molecular complexity index is 845. The van der Waals surface area contributed by atoms with E-state index in [9.17, 15) is 0 Å². The van der Waals surface area contributed by atoms with E-state index in [0.29, 0.717) is 18.2 Å². The molecular weight excluding hydrogens is 365 g/mol. The van der Waals surface area contributed by atoms with Crippen molar-refractivity contribution in [2.75, 3.05) is 0 Å². The standard InChI is InChI=1S/C22H21Cl2NO/c1-16-2-4-17(5-3-16)13-25-14-19-12-21(24)10-11-22(19)26-15-18-6-8-20(23)9-7-18/h2-12,25H,13-15H2,1H3. The summed E-state index contributed by atoms with van der Waals surface area (Å²) in [6, 6.07) is 21.9. The van der Waals surface area contributed by atoms with Crippen LogP contribution >= 0.6 is 23.2 Å². The van der Waals surface area contributed by atoms with Crippen LogP contribution in [0.3, 0.4) is 0 Å². The van der Waals surface area contributed by atoms with E-state index in [2.05, 4.69) is 36.5 Å². The molecule has 0 radical (unpaired) electrons. The molecule has 26 heavy (non-hydrogen) atoms. The Hall–Kier alpha value is -2.00. The van der Waals surface area contributed by atoms with E-state index in [0.717, 1.165) is 28.4 Å². The van der Waals surface area contributed by atoms with Crippen molar-refractivity contribution in [1.29, 1.82) is 0 Å². The smallest absolute Gasteiger partial charge is 0.124 e. The van der Waals surface area contributed by atoms with Gasteiger partial charge in [-0.2, -0.15) is 0 Å². The van der Waals surface area contributed by atoms with Gasteiger partial charge in [-0.1, -0.05) is 65.2 Å². The number of nitrogens with one attached hydrogen (secondary N) is 1. The average molecular weight is 386 g/mol. The summed E-state index contributed by atoms with van der Waals surface area (Å²) < 4.78 is 5.99. The summed E-state index contributed by atoms with van der Waals surface area (Å²) in [4.78, 5) is 0. The molecule has 0 heterocycles. The van der Waals surface area contributed by atoms with E-state index in [-0.39, 0.29) is 0 Å². The van der Waals surface area contributed by atoms with Crippen molar-refractivity contribution in [3.05, 3.63) is 99.0 Å². The molecule has 1 N–H and O–H groups in total. The Morgan fingerprint density at radius 1 is 0.769 bits per heavy atom. The Morgan fingerprint density at radius 3 is 2.15 bits per heavy atom. The molecule has 3 rings (SSSR count). The molecule has 0 bridgehead atoms. The highest BCUT2D eigenvalue weighted by molar-refractivity contribution is 6.30. The van der Waals surface area contributed by atoms with Gasteiger partial charge in [0.1, 0.15) is 12.4 Å². The van der Waals surface area contributed by atoms with Crippen molar-refractivity contribution in [3.8, 4) is 5.75 Å². The van der Waals surface area contributed by atoms with Crippen LogP contribution in [0.5, 0.6) is 5.75 Å². The zero-order valence-corrected chi connectivity index (χ0v) is 16.1. The molecule has 0 fully saturated rings. The fourth-order valence-electron chi connectivity index (χ4n) is 2.62. The SMILES string of the molecule is Cc1ccc(CNCc2cc(Cl)ccc2OCc2ccc(Cl)cc2)cc1. The number of benzene rings is 3. The van der Waals surface area contributed by atoms with Crippen molar-refractivity contribution in [1.82, 2.24) is 5.32 Å². The maximum Gasteiger partial charge on any atom is 0.124 e. The quantitative estimate of drug-likeness (QED) is 0.524. The van der Waals surface area contributed by atoms with Gasteiger partial charge in [0.2, 0.25) is 0 Å². The second-order valence-corrected chi connectivity index (χ2v) is 7.13. The van der Waals surface area contributed by atoms with Gasteiger partial charge in [0.25, 0.3) is 0 Å². The van der Waals surface area contributed by atoms with Gasteiger partial charge in [0.15, 0.2) is 0 Å². The van der Waals surface area contributed by atoms with E-state index in [1.807, 2.05) is 42.5 Å². The van der Waals surface area contributed by atoms with Crippen molar-refractivity contribution < 1.29 is 4.74 Å². The molecule has 0 saturated carbocycles. The van der Waals surface area contributed by atoms with Crippen molar-refractivity contribution >= 4 is 23.2 Å². The highest BCUT2D eigenvalue weighted by Gasteiger charge is 2.06. The fraction of sp³-hybridized carbons (Fsp3) is 0.182. The Labute approximate surface area is 164 Å². The third-order valence-electron chi connectivity index (χ3n) is 4.10.